The molecule has 2 heterocycles. The summed E-state index contributed by atoms with van der Waals surface area (Å²) in [4.78, 5) is 27.2. The van der Waals surface area contributed by atoms with Crippen LogP contribution in [0.5, 0.6) is 11.5 Å². The maximum absolute atomic E-state index is 14.8. The first-order valence-corrected chi connectivity index (χ1v) is 20.9. The van der Waals surface area contributed by atoms with Gasteiger partial charge in [-0.05, 0) is 118 Å². The van der Waals surface area contributed by atoms with Crippen LogP contribution in [0.4, 0.5) is 0 Å². The zero-order chi connectivity index (χ0) is 41.1. The number of hydrogen-bond donors (Lipinski definition) is 2. The largest absolute Gasteiger partial charge is 0.487 e. The fourth-order valence-electron chi connectivity index (χ4n) is 9.21. The van der Waals surface area contributed by atoms with Gasteiger partial charge >= 0.3 is 0 Å². The van der Waals surface area contributed by atoms with Crippen LogP contribution in [0, 0.1) is 36.0 Å². The zero-order valence-corrected chi connectivity index (χ0v) is 34.1. The van der Waals surface area contributed by atoms with E-state index in [9.17, 15) is 20.3 Å². The number of aliphatic hydroxyl groups is 2. The monoisotopic (exact) mass is 790 g/mol. The SMILES string of the molecule is C=CCO[C@@]12Oc3ccc(OCc4cccc(C)n4)cc3[C@H]3[C@H](CCCCO)[C@@H](CCCCO)C=C(C(=NOCC)C[C@@H]1N(CCC)C(=O)c1ccc(C#N)cc1)[C@H]32. The molecule has 2 aliphatic carbocycles. The second kappa shape index (κ2) is 20.1. The lowest BCUT2D eigenvalue weighted by Crippen LogP contribution is -2.70. The molecule has 1 aliphatic heterocycles. The lowest BCUT2D eigenvalue weighted by molar-refractivity contribution is -0.254. The maximum Gasteiger partial charge on any atom is 0.254 e. The highest BCUT2D eigenvalue weighted by atomic mass is 16.7. The van der Waals surface area contributed by atoms with Gasteiger partial charge in [-0.15, -0.1) is 6.58 Å². The van der Waals surface area contributed by atoms with Crippen LogP contribution >= 0.6 is 0 Å². The molecule has 0 radical (unpaired) electrons. The molecule has 2 N–H and O–H groups in total. The highest BCUT2D eigenvalue weighted by Gasteiger charge is 2.65. The molecule has 11 nitrogen and oxygen atoms in total. The molecule has 58 heavy (non-hydrogen) atoms. The van der Waals surface area contributed by atoms with E-state index in [1.165, 1.54) is 0 Å². The number of aromatic nitrogens is 1. The van der Waals surface area contributed by atoms with Crippen molar-refractivity contribution < 1.29 is 34.1 Å². The number of hydrogen-bond acceptors (Lipinski definition) is 10. The van der Waals surface area contributed by atoms with Crippen molar-refractivity contribution in [2.75, 3.05) is 33.0 Å². The van der Waals surface area contributed by atoms with Gasteiger partial charge in [0.15, 0.2) is 0 Å². The number of aryl methyl sites for hydroxylation is 1. The van der Waals surface area contributed by atoms with Gasteiger partial charge in [0.1, 0.15) is 30.8 Å². The van der Waals surface area contributed by atoms with E-state index in [2.05, 4.69) is 29.8 Å². The first kappa shape index (κ1) is 42.6. The van der Waals surface area contributed by atoms with Crippen molar-refractivity contribution in [2.45, 2.75) is 96.5 Å². The second-order valence-electron chi connectivity index (χ2n) is 15.4. The van der Waals surface area contributed by atoms with E-state index < -0.39 is 17.7 Å². The summed E-state index contributed by atoms with van der Waals surface area (Å²) in [6.07, 6.45) is 9.76. The molecule has 1 amide bonds. The van der Waals surface area contributed by atoms with Crippen molar-refractivity contribution in [3.8, 4) is 17.6 Å². The van der Waals surface area contributed by atoms with E-state index >= 15 is 0 Å². The third-order valence-electron chi connectivity index (χ3n) is 11.6. The third kappa shape index (κ3) is 9.15. The number of carbonyl (C=O) groups is 1. The number of carbonyl (C=O) groups excluding carboxylic acids is 1. The molecule has 0 spiro atoms. The molecular formula is C47H58N4O7. The van der Waals surface area contributed by atoms with Crippen LogP contribution in [0.1, 0.15) is 104 Å². The van der Waals surface area contributed by atoms with Crippen molar-refractivity contribution >= 4 is 11.6 Å². The van der Waals surface area contributed by atoms with Gasteiger partial charge in [-0.2, -0.15) is 5.26 Å². The number of benzene rings is 2. The quantitative estimate of drug-likeness (QED) is 0.0660. The molecule has 6 atom stereocenters. The molecule has 0 bridgehead atoms. The summed E-state index contributed by atoms with van der Waals surface area (Å²) >= 11 is 0. The molecule has 6 rings (SSSR count). The topological polar surface area (TPSA) is 147 Å². The number of amides is 1. The molecule has 1 saturated carbocycles. The van der Waals surface area contributed by atoms with Crippen LogP contribution < -0.4 is 9.47 Å². The van der Waals surface area contributed by atoms with E-state index in [1.54, 1.807) is 30.3 Å². The number of fused-ring (bicyclic) bond motifs is 2. The Morgan fingerprint density at radius 1 is 1.09 bits per heavy atom. The van der Waals surface area contributed by atoms with Crippen LogP contribution in [-0.4, -0.2) is 76.5 Å². The lowest BCUT2D eigenvalue weighted by atomic mass is 9.55. The van der Waals surface area contributed by atoms with E-state index in [0.29, 0.717) is 68.1 Å². The van der Waals surface area contributed by atoms with Gasteiger partial charge in [0.25, 0.3) is 5.91 Å². The molecule has 3 aromatic rings. The van der Waals surface area contributed by atoms with Gasteiger partial charge in [0, 0.05) is 48.9 Å². The number of nitrogens with zero attached hydrogens (tertiary/aromatic N) is 4. The number of ether oxygens (including phenoxy) is 3. The second-order valence-corrected chi connectivity index (χ2v) is 15.4. The molecule has 11 heteroatoms. The number of nitriles is 1. The number of rotatable bonds is 20. The fourth-order valence-corrected chi connectivity index (χ4v) is 9.21. The first-order chi connectivity index (χ1) is 28.3. The Kier molecular flexibility index (Phi) is 14.8. The minimum Gasteiger partial charge on any atom is -0.487 e. The maximum atomic E-state index is 14.8. The smallest absolute Gasteiger partial charge is 0.254 e. The van der Waals surface area contributed by atoms with E-state index in [4.69, 9.17) is 24.2 Å². The van der Waals surface area contributed by atoms with Crippen molar-refractivity contribution in [1.29, 1.82) is 5.26 Å². The predicted octanol–water partition coefficient (Wildman–Crippen LogP) is 8.05. The lowest BCUT2D eigenvalue weighted by Gasteiger charge is -2.60. The van der Waals surface area contributed by atoms with Crippen LogP contribution in [0.2, 0.25) is 0 Å². The normalized spacial score (nSPS) is 23.8. The molecule has 1 fully saturated rings. The van der Waals surface area contributed by atoms with Crippen molar-refractivity contribution in [2.24, 2.45) is 22.9 Å². The minimum absolute atomic E-state index is 0.0861. The summed E-state index contributed by atoms with van der Waals surface area (Å²) < 4.78 is 20.8. The Morgan fingerprint density at radius 3 is 2.55 bits per heavy atom. The molecule has 0 saturated heterocycles. The van der Waals surface area contributed by atoms with Crippen molar-refractivity contribution in [3.05, 3.63) is 113 Å². The standard InChI is InChI=1S/C47H58N4O7/c1-5-23-51(46(54)34-19-17-33(30-48)18-20-34)43-29-41(50-57-7-3)39-27-35(14-8-10-24-52)38(16-9-11-25-53)44-40-28-37(55-31-36-15-12-13-32(4)49-36)21-22-42(40)58-47(43,45(39)44)56-26-6-2/h6,12-13,15,17-22,27-28,35,38,43-45,52-53H,2,5,7-11,14,16,23-26,29,31H2,1,3-4H3/t35-,38+,43-,44+,45+,47+/m0/s1. The summed E-state index contributed by atoms with van der Waals surface area (Å²) in [5.41, 5.74) is 5.40. The highest BCUT2D eigenvalue weighted by molar-refractivity contribution is 6.03. The number of oxime groups is 1. The summed E-state index contributed by atoms with van der Waals surface area (Å²) in [5, 5.41) is 34.0. The van der Waals surface area contributed by atoms with Crippen molar-refractivity contribution in [1.82, 2.24) is 9.88 Å². The molecule has 308 valence electrons. The number of aliphatic hydroxyl groups excluding tert-OH is 2. The molecule has 2 aromatic carbocycles. The average Bonchev–Trinajstić information content (AvgIpc) is 3.24. The van der Waals surface area contributed by atoms with E-state index in [1.807, 2.05) is 56.0 Å². The Balaban J connectivity index is 1.56. The van der Waals surface area contributed by atoms with E-state index in [0.717, 1.165) is 53.9 Å². The highest BCUT2D eigenvalue weighted by Crippen LogP contribution is 2.62. The summed E-state index contributed by atoms with van der Waals surface area (Å²) in [5.74, 6) is -0.609. The van der Waals surface area contributed by atoms with Crippen LogP contribution in [0.15, 0.2) is 90.1 Å². The average molecular weight is 791 g/mol. The van der Waals surface area contributed by atoms with Gasteiger partial charge in [0.2, 0.25) is 5.79 Å². The number of unbranched alkanes of at least 4 members (excludes halogenated alkanes) is 2. The fraction of sp³-hybridized carbons (Fsp3) is 0.489. The molecular weight excluding hydrogens is 733 g/mol. The predicted molar refractivity (Wildman–Crippen MR) is 222 cm³/mol. The van der Waals surface area contributed by atoms with Crippen LogP contribution in [-0.2, 0) is 16.2 Å². The van der Waals surface area contributed by atoms with Crippen LogP contribution in [0.3, 0.4) is 0 Å². The van der Waals surface area contributed by atoms with Crippen LogP contribution in [0.25, 0.3) is 0 Å². The zero-order valence-electron chi connectivity index (χ0n) is 34.1. The van der Waals surface area contributed by atoms with Crippen molar-refractivity contribution in [3.63, 3.8) is 0 Å². The summed E-state index contributed by atoms with van der Waals surface area (Å²) in [7, 11) is 0. The summed E-state index contributed by atoms with van der Waals surface area (Å²) in [6, 6.07) is 20.1. The third-order valence-corrected chi connectivity index (χ3v) is 11.6. The van der Waals surface area contributed by atoms with E-state index in [-0.39, 0.29) is 43.5 Å². The molecule has 0 unspecified atom stereocenters. The Bertz CT molecular complexity index is 1970. The Labute approximate surface area is 343 Å². The van der Waals surface area contributed by atoms with Gasteiger partial charge < -0.3 is 34.2 Å². The molecule has 1 aromatic heterocycles. The Morgan fingerprint density at radius 2 is 1.86 bits per heavy atom. The molecule has 3 aliphatic rings. The minimum atomic E-state index is -1.36. The van der Waals surface area contributed by atoms with Gasteiger partial charge in [-0.3, -0.25) is 9.78 Å². The number of pyridine rings is 1. The van der Waals surface area contributed by atoms with Gasteiger partial charge in [-0.25, -0.2) is 0 Å². The summed E-state index contributed by atoms with van der Waals surface area (Å²) in [6.45, 7) is 11.4. The number of allylic oxidation sites excluding steroid dienone is 1. The van der Waals surface area contributed by atoms with Gasteiger partial charge in [-0.1, -0.05) is 43.1 Å². The first-order valence-electron chi connectivity index (χ1n) is 20.9. The van der Waals surface area contributed by atoms with Gasteiger partial charge in [0.05, 0.1) is 35.6 Å². The Hall–Kier alpha value is -5.02.